The van der Waals surface area contributed by atoms with E-state index in [9.17, 15) is 19.2 Å². The Balaban J connectivity index is 1.55. The fourth-order valence-corrected chi connectivity index (χ4v) is 2.96. The van der Waals surface area contributed by atoms with Crippen molar-refractivity contribution in [3.05, 3.63) is 101 Å². The van der Waals surface area contributed by atoms with Crippen LogP contribution >= 0.6 is 11.6 Å². The minimum atomic E-state index is -0.777. The average Bonchev–Trinajstić information content (AvgIpc) is 2.83. The van der Waals surface area contributed by atoms with Crippen molar-refractivity contribution in [3.63, 3.8) is 0 Å². The van der Waals surface area contributed by atoms with Crippen molar-refractivity contribution in [3.8, 4) is 0 Å². The van der Waals surface area contributed by atoms with Crippen LogP contribution in [0.25, 0.3) is 0 Å². The number of hydrogen-bond donors (Lipinski definition) is 2. The Morgan fingerprint density at radius 1 is 0.812 bits per heavy atom. The van der Waals surface area contributed by atoms with Gasteiger partial charge in [0.2, 0.25) is 0 Å². The van der Waals surface area contributed by atoms with Crippen molar-refractivity contribution in [1.29, 1.82) is 0 Å². The molecule has 3 aromatic rings. The summed E-state index contributed by atoms with van der Waals surface area (Å²) < 4.78 is 4.89. The van der Waals surface area contributed by atoms with Gasteiger partial charge in [0.25, 0.3) is 11.8 Å². The first-order valence-electron chi connectivity index (χ1n) is 9.62. The molecule has 0 atom stereocenters. The lowest BCUT2D eigenvalue weighted by Gasteiger charge is -2.12. The largest absolute Gasteiger partial charge is 0.454 e. The molecule has 0 aliphatic carbocycles. The monoisotopic (exact) mass is 450 g/mol. The smallest absolute Gasteiger partial charge is 0.325 e. The standard InChI is InChI=1S/C24H19ClN2O5/c25-18-11-12-20(19(13-18)23(30)16-7-3-1-4-8-16)27-21(28)15-32-22(29)14-26-24(31)17-9-5-2-6-10-17/h1-13H,14-15H2,(H,26,31)(H,27,28). The van der Waals surface area contributed by atoms with Gasteiger partial charge in [-0.2, -0.15) is 0 Å². The fourth-order valence-electron chi connectivity index (χ4n) is 2.79. The van der Waals surface area contributed by atoms with Gasteiger partial charge >= 0.3 is 5.97 Å². The summed E-state index contributed by atoms with van der Waals surface area (Å²) in [5.41, 5.74) is 1.28. The number of esters is 1. The Morgan fingerprint density at radius 2 is 1.44 bits per heavy atom. The second-order valence-electron chi connectivity index (χ2n) is 6.64. The predicted octanol–water partition coefficient (Wildman–Crippen LogP) is 3.48. The summed E-state index contributed by atoms with van der Waals surface area (Å²) in [7, 11) is 0. The molecule has 0 heterocycles. The van der Waals surface area contributed by atoms with Gasteiger partial charge < -0.3 is 15.4 Å². The molecule has 2 N–H and O–H groups in total. The highest BCUT2D eigenvalue weighted by molar-refractivity contribution is 6.31. The molecule has 0 aliphatic heterocycles. The zero-order valence-electron chi connectivity index (χ0n) is 16.8. The Kier molecular flexibility index (Phi) is 7.72. The molecule has 2 amide bonds. The highest BCUT2D eigenvalue weighted by atomic mass is 35.5. The van der Waals surface area contributed by atoms with E-state index in [2.05, 4.69) is 10.6 Å². The van der Waals surface area contributed by atoms with Crippen LogP contribution in [0.3, 0.4) is 0 Å². The van der Waals surface area contributed by atoms with Crippen LogP contribution in [0, 0.1) is 0 Å². The van der Waals surface area contributed by atoms with Gasteiger partial charge in [0.05, 0.1) is 5.69 Å². The summed E-state index contributed by atoms with van der Waals surface area (Å²) >= 11 is 6.02. The fraction of sp³-hybridized carbons (Fsp3) is 0.0833. The van der Waals surface area contributed by atoms with E-state index in [0.717, 1.165) is 0 Å². The van der Waals surface area contributed by atoms with Crippen molar-refractivity contribution >= 4 is 40.9 Å². The topological polar surface area (TPSA) is 102 Å². The molecule has 0 radical (unpaired) electrons. The van der Waals surface area contributed by atoms with E-state index in [1.807, 2.05) is 0 Å². The third kappa shape index (κ3) is 6.26. The Morgan fingerprint density at radius 3 is 2.09 bits per heavy atom. The van der Waals surface area contributed by atoms with Gasteiger partial charge in [-0.15, -0.1) is 0 Å². The molecule has 0 fully saturated rings. The van der Waals surface area contributed by atoms with Crippen molar-refractivity contribution < 1.29 is 23.9 Å². The molecule has 0 spiro atoms. The summed E-state index contributed by atoms with van der Waals surface area (Å²) in [6, 6.07) is 21.4. The third-order valence-corrected chi connectivity index (χ3v) is 4.56. The molecule has 3 rings (SSSR count). The van der Waals surface area contributed by atoms with E-state index >= 15 is 0 Å². The predicted molar refractivity (Wildman–Crippen MR) is 120 cm³/mol. The number of ketones is 1. The first-order valence-corrected chi connectivity index (χ1v) is 10.00. The van der Waals surface area contributed by atoms with Crippen LogP contribution in [0.4, 0.5) is 5.69 Å². The number of anilines is 1. The summed E-state index contributed by atoms with van der Waals surface area (Å²) in [5.74, 6) is -2.17. The van der Waals surface area contributed by atoms with Crippen molar-refractivity contribution in [2.24, 2.45) is 0 Å². The number of ether oxygens (including phenoxy) is 1. The molecule has 162 valence electrons. The quantitative estimate of drug-likeness (QED) is 0.404. The molecular formula is C24H19ClN2O5. The van der Waals surface area contributed by atoms with E-state index in [1.165, 1.54) is 18.2 Å². The number of carbonyl (C=O) groups excluding carboxylic acids is 4. The maximum absolute atomic E-state index is 12.8. The second kappa shape index (κ2) is 10.9. The van der Waals surface area contributed by atoms with E-state index < -0.39 is 24.4 Å². The average molecular weight is 451 g/mol. The highest BCUT2D eigenvalue weighted by Crippen LogP contribution is 2.23. The lowest BCUT2D eigenvalue weighted by Crippen LogP contribution is -2.32. The molecule has 7 nitrogen and oxygen atoms in total. The van der Waals surface area contributed by atoms with Crippen LogP contribution in [0.15, 0.2) is 78.9 Å². The molecule has 0 aliphatic rings. The second-order valence-corrected chi connectivity index (χ2v) is 7.08. The lowest BCUT2D eigenvalue weighted by atomic mass is 10.0. The van der Waals surface area contributed by atoms with Gasteiger partial charge in [-0.1, -0.05) is 60.1 Å². The van der Waals surface area contributed by atoms with Crippen molar-refractivity contribution in [2.45, 2.75) is 0 Å². The van der Waals surface area contributed by atoms with E-state index in [4.69, 9.17) is 16.3 Å². The van der Waals surface area contributed by atoms with Crippen LogP contribution in [0.1, 0.15) is 26.3 Å². The summed E-state index contributed by atoms with van der Waals surface area (Å²) in [5, 5.41) is 5.30. The highest BCUT2D eigenvalue weighted by Gasteiger charge is 2.17. The number of hydrogen-bond acceptors (Lipinski definition) is 5. The van der Waals surface area contributed by atoms with Crippen LogP contribution < -0.4 is 10.6 Å². The molecule has 8 heteroatoms. The molecule has 32 heavy (non-hydrogen) atoms. The molecule has 3 aromatic carbocycles. The van der Waals surface area contributed by atoms with Gasteiger partial charge in [0.15, 0.2) is 12.4 Å². The van der Waals surface area contributed by atoms with Crippen LogP contribution in [0.2, 0.25) is 5.02 Å². The molecule has 0 bridgehead atoms. The van der Waals surface area contributed by atoms with Gasteiger partial charge in [0, 0.05) is 21.7 Å². The van der Waals surface area contributed by atoms with Crippen LogP contribution in [0.5, 0.6) is 0 Å². The first kappa shape index (κ1) is 22.7. The molecule has 0 saturated carbocycles. The number of benzene rings is 3. The number of amides is 2. The van der Waals surface area contributed by atoms with Gasteiger partial charge in [0.1, 0.15) is 6.54 Å². The zero-order valence-corrected chi connectivity index (χ0v) is 17.6. The van der Waals surface area contributed by atoms with Crippen LogP contribution in [-0.4, -0.2) is 36.7 Å². The molecule has 0 saturated heterocycles. The Bertz CT molecular complexity index is 1130. The van der Waals surface area contributed by atoms with Crippen molar-refractivity contribution in [2.75, 3.05) is 18.5 Å². The maximum Gasteiger partial charge on any atom is 0.325 e. The maximum atomic E-state index is 12.8. The first-order chi connectivity index (χ1) is 15.4. The van der Waals surface area contributed by atoms with Gasteiger partial charge in [-0.25, -0.2) is 0 Å². The minimum absolute atomic E-state index is 0.207. The van der Waals surface area contributed by atoms with Gasteiger partial charge in [-0.3, -0.25) is 19.2 Å². The van der Waals surface area contributed by atoms with E-state index in [1.54, 1.807) is 60.7 Å². The Labute approximate surface area is 189 Å². The number of carbonyl (C=O) groups is 4. The Hall–Kier alpha value is -3.97. The number of rotatable bonds is 8. The van der Waals surface area contributed by atoms with E-state index in [0.29, 0.717) is 16.1 Å². The number of halogens is 1. The molecule has 0 unspecified atom stereocenters. The third-order valence-electron chi connectivity index (χ3n) is 4.33. The lowest BCUT2D eigenvalue weighted by molar-refractivity contribution is -0.146. The SMILES string of the molecule is O=C(COC(=O)CNC(=O)c1ccccc1)Nc1ccc(Cl)cc1C(=O)c1ccccc1. The normalized spacial score (nSPS) is 10.2. The summed E-state index contributed by atoms with van der Waals surface area (Å²) in [4.78, 5) is 48.8. The van der Waals surface area contributed by atoms with E-state index in [-0.39, 0.29) is 23.6 Å². The van der Waals surface area contributed by atoms with Crippen LogP contribution in [-0.2, 0) is 14.3 Å². The summed E-state index contributed by atoms with van der Waals surface area (Å²) in [6.45, 7) is -0.971. The summed E-state index contributed by atoms with van der Waals surface area (Å²) in [6.07, 6.45) is 0. The van der Waals surface area contributed by atoms with Crippen molar-refractivity contribution in [1.82, 2.24) is 5.32 Å². The minimum Gasteiger partial charge on any atom is -0.454 e. The molecule has 0 aromatic heterocycles. The molecular weight excluding hydrogens is 432 g/mol. The number of nitrogens with one attached hydrogen (secondary N) is 2. The van der Waals surface area contributed by atoms with Gasteiger partial charge in [-0.05, 0) is 30.3 Å². The zero-order chi connectivity index (χ0) is 22.9.